The maximum Gasteiger partial charge on any atom is 0.295 e. The average Bonchev–Trinajstić information content (AvgIpc) is 2.83. The molecule has 0 atom stereocenters. The number of anilines is 1. The lowest BCUT2D eigenvalue weighted by Crippen LogP contribution is -2.13. The molecular formula is C11H9BrFNO4S. The zero-order valence-electron chi connectivity index (χ0n) is 9.43. The molecule has 0 unspecified atom stereocenters. The molecule has 5 nitrogen and oxygen atoms in total. The first-order valence-electron chi connectivity index (χ1n) is 5.10. The van der Waals surface area contributed by atoms with Gasteiger partial charge in [-0.2, -0.15) is 8.42 Å². The van der Waals surface area contributed by atoms with E-state index in [1.807, 2.05) is 0 Å². The topological polar surface area (TPSA) is 79.5 Å². The van der Waals surface area contributed by atoms with Crippen molar-refractivity contribution in [2.24, 2.45) is 0 Å². The van der Waals surface area contributed by atoms with Crippen molar-refractivity contribution in [2.75, 3.05) is 4.72 Å². The van der Waals surface area contributed by atoms with Gasteiger partial charge in [0.25, 0.3) is 10.0 Å². The molecule has 0 aliphatic carbocycles. The first-order chi connectivity index (χ1) is 8.92. The van der Waals surface area contributed by atoms with Crippen LogP contribution in [0.25, 0.3) is 0 Å². The molecular weight excluding hydrogens is 341 g/mol. The standard InChI is InChI=1S/C11H9BrFNO4S/c12-7-1-3-9(13)10(5-7)14-19(16,17)11-4-2-8(6-15)18-11/h1-5,14-15H,6H2. The summed E-state index contributed by atoms with van der Waals surface area (Å²) in [6.45, 7) is -0.416. The van der Waals surface area contributed by atoms with Gasteiger partial charge in [0.05, 0.1) is 5.69 Å². The summed E-state index contributed by atoms with van der Waals surface area (Å²) in [5.41, 5.74) is -0.198. The van der Waals surface area contributed by atoms with Crippen molar-refractivity contribution in [3.05, 3.63) is 46.4 Å². The largest absolute Gasteiger partial charge is 0.445 e. The third kappa shape index (κ3) is 3.14. The van der Waals surface area contributed by atoms with Gasteiger partial charge in [0, 0.05) is 4.47 Å². The number of hydrogen-bond acceptors (Lipinski definition) is 4. The molecule has 8 heteroatoms. The second kappa shape index (κ2) is 5.32. The summed E-state index contributed by atoms with van der Waals surface area (Å²) in [5, 5.41) is 8.42. The monoisotopic (exact) mass is 349 g/mol. The van der Waals surface area contributed by atoms with E-state index in [4.69, 9.17) is 9.52 Å². The quantitative estimate of drug-likeness (QED) is 0.888. The lowest BCUT2D eigenvalue weighted by Gasteiger charge is -2.07. The van der Waals surface area contributed by atoms with Gasteiger partial charge in [-0.15, -0.1) is 0 Å². The van der Waals surface area contributed by atoms with E-state index >= 15 is 0 Å². The normalized spacial score (nSPS) is 11.5. The number of halogens is 2. The molecule has 0 aliphatic heterocycles. The predicted octanol–water partition coefficient (Wildman–Crippen LogP) is 2.47. The molecule has 0 amide bonds. The molecule has 0 saturated heterocycles. The van der Waals surface area contributed by atoms with E-state index in [1.165, 1.54) is 24.3 Å². The van der Waals surface area contributed by atoms with E-state index in [9.17, 15) is 12.8 Å². The maximum absolute atomic E-state index is 13.5. The van der Waals surface area contributed by atoms with E-state index in [1.54, 1.807) is 0 Å². The Morgan fingerprint density at radius 1 is 1.32 bits per heavy atom. The summed E-state index contributed by atoms with van der Waals surface area (Å²) in [5.74, 6) is -0.601. The van der Waals surface area contributed by atoms with E-state index in [0.717, 1.165) is 6.07 Å². The van der Waals surface area contributed by atoms with Crippen molar-refractivity contribution in [2.45, 2.75) is 11.7 Å². The van der Waals surface area contributed by atoms with Crippen molar-refractivity contribution < 1.29 is 22.3 Å². The summed E-state index contributed by atoms with van der Waals surface area (Å²) >= 11 is 3.12. The van der Waals surface area contributed by atoms with Gasteiger partial charge >= 0.3 is 0 Å². The van der Waals surface area contributed by atoms with E-state index in [0.29, 0.717) is 4.47 Å². The summed E-state index contributed by atoms with van der Waals surface area (Å²) in [4.78, 5) is 0. The zero-order valence-corrected chi connectivity index (χ0v) is 11.8. The van der Waals surface area contributed by atoms with E-state index in [-0.39, 0.29) is 11.4 Å². The van der Waals surface area contributed by atoms with Gasteiger partial charge in [-0.25, -0.2) is 4.39 Å². The highest BCUT2D eigenvalue weighted by atomic mass is 79.9. The molecule has 0 bridgehead atoms. The summed E-state index contributed by atoms with van der Waals surface area (Å²) in [6.07, 6.45) is 0. The Kier molecular flexibility index (Phi) is 3.93. The zero-order chi connectivity index (χ0) is 14.0. The molecule has 0 radical (unpaired) electrons. The van der Waals surface area contributed by atoms with Crippen LogP contribution in [0.3, 0.4) is 0 Å². The third-order valence-electron chi connectivity index (χ3n) is 2.23. The van der Waals surface area contributed by atoms with Crippen LogP contribution in [0.2, 0.25) is 0 Å². The molecule has 1 heterocycles. The van der Waals surface area contributed by atoms with E-state index in [2.05, 4.69) is 20.7 Å². The van der Waals surface area contributed by atoms with Crippen molar-refractivity contribution in [3.8, 4) is 0 Å². The number of hydrogen-bond donors (Lipinski definition) is 2. The number of furan rings is 1. The summed E-state index contributed by atoms with van der Waals surface area (Å²) in [6, 6.07) is 6.38. The Labute approximate surface area is 117 Å². The minimum absolute atomic E-state index is 0.107. The minimum atomic E-state index is -4.03. The SMILES string of the molecule is O=S(=O)(Nc1cc(Br)ccc1F)c1ccc(CO)o1. The second-order valence-electron chi connectivity index (χ2n) is 3.61. The highest BCUT2D eigenvalue weighted by Gasteiger charge is 2.20. The number of benzene rings is 1. The molecule has 19 heavy (non-hydrogen) atoms. The second-order valence-corrected chi connectivity index (χ2v) is 6.14. The van der Waals surface area contributed by atoms with Gasteiger partial charge in [-0.1, -0.05) is 15.9 Å². The molecule has 0 aliphatic rings. The highest BCUT2D eigenvalue weighted by molar-refractivity contribution is 9.10. The number of nitrogens with one attached hydrogen (secondary N) is 1. The lowest BCUT2D eigenvalue weighted by molar-refractivity contribution is 0.236. The Balaban J connectivity index is 2.33. The molecule has 0 saturated carbocycles. The molecule has 0 fully saturated rings. The number of aliphatic hydroxyl groups is 1. The first kappa shape index (κ1) is 14.0. The van der Waals surface area contributed by atoms with Crippen LogP contribution in [0.15, 0.2) is 44.3 Å². The average molecular weight is 350 g/mol. The van der Waals surface area contributed by atoms with Gasteiger partial charge in [-0.3, -0.25) is 4.72 Å². The summed E-state index contributed by atoms with van der Waals surface area (Å²) in [7, 11) is -4.03. The molecule has 0 spiro atoms. The first-order valence-corrected chi connectivity index (χ1v) is 7.37. The highest BCUT2D eigenvalue weighted by Crippen LogP contribution is 2.24. The Morgan fingerprint density at radius 3 is 2.68 bits per heavy atom. The number of rotatable bonds is 4. The Bertz CT molecular complexity index is 698. The van der Waals surface area contributed by atoms with Crippen LogP contribution in [0.5, 0.6) is 0 Å². The third-order valence-corrected chi connectivity index (χ3v) is 3.96. The van der Waals surface area contributed by atoms with Crippen molar-refractivity contribution >= 4 is 31.6 Å². The van der Waals surface area contributed by atoms with Crippen LogP contribution >= 0.6 is 15.9 Å². The fourth-order valence-corrected chi connectivity index (χ4v) is 2.73. The van der Waals surface area contributed by atoms with Gasteiger partial charge in [0.2, 0.25) is 5.09 Å². The van der Waals surface area contributed by atoms with Crippen LogP contribution < -0.4 is 4.72 Å². The van der Waals surface area contributed by atoms with Crippen LogP contribution in [0, 0.1) is 5.82 Å². The molecule has 2 N–H and O–H groups in total. The molecule has 2 aromatic rings. The molecule has 102 valence electrons. The number of sulfonamides is 1. The van der Waals surface area contributed by atoms with Crippen LogP contribution in [-0.4, -0.2) is 13.5 Å². The molecule has 1 aromatic carbocycles. The smallest absolute Gasteiger partial charge is 0.295 e. The van der Waals surface area contributed by atoms with Crippen LogP contribution in [-0.2, 0) is 16.6 Å². The Morgan fingerprint density at radius 2 is 2.05 bits per heavy atom. The predicted molar refractivity (Wildman–Crippen MR) is 69.5 cm³/mol. The van der Waals surface area contributed by atoms with Crippen molar-refractivity contribution in [3.63, 3.8) is 0 Å². The fraction of sp³-hybridized carbons (Fsp3) is 0.0909. The summed E-state index contributed by atoms with van der Waals surface area (Å²) < 4.78 is 44.8. The Hall–Kier alpha value is -1.38. The fourth-order valence-electron chi connectivity index (χ4n) is 1.36. The lowest BCUT2D eigenvalue weighted by atomic mass is 10.3. The van der Waals surface area contributed by atoms with E-state index < -0.39 is 27.5 Å². The van der Waals surface area contributed by atoms with Crippen LogP contribution in [0.1, 0.15) is 5.76 Å². The van der Waals surface area contributed by atoms with Crippen molar-refractivity contribution in [1.82, 2.24) is 0 Å². The van der Waals surface area contributed by atoms with Crippen molar-refractivity contribution in [1.29, 1.82) is 0 Å². The maximum atomic E-state index is 13.5. The minimum Gasteiger partial charge on any atom is -0.445 e. The number of aliphatic hydroxyl groups excluding tert-OH is 1. The van der Waals surface area contributed by atoms with Gasteiger partial charge in [0.15, 0.2) is 0 Å². The molecule has 2 rings (SSSR count). The van der Waals surface area contributed by atoms with Crippen LogP contribution in [0.4, 0.5) is 10.1 Å². The molecule has 1 aromatic heterocycles. The van der Waals surface area contributed by atoms with Gasteiger partial charge in [-0.05, 0) is 30.3 Å². The van der Waals surface area contributed by atoms with Gasteiger partial charge in [0.1, 0.15) is 18.2 Å². The van der Waals surface area contributed by atoms with Gasteiger partial charge < -0.3 is 9.52 Å².